The number of benzene rings is 4. The zero-order valence-corrected chi connectivity index (χ0v) is 32.9. The number of anilines is 2. The molecule has 2 amide bonds. The summed E-state index contributed by atoms with van der Waals surface area (Å²) in [5, 5.41) is 5.26. The molecule has 0 atom stereocenters. The van der Waals surface area contributed by atoms with E-state index >= 15 is 0 Å². The summed E-state index contributed by atoms with van der Waals surface area (Å²) in [6.07, 6.45) is 4.00. The van der Waals surface area contributed by atoms with Gasteiger partial charge in [-0.2, -0.15) is 0 Å². The second-order valence-electron chi connectivity index (χ2n) is 12.6. The Bertz CT molecular complexity index is 2250. The second-order valence-corrected chi connectivity index (χ2v) is 14.5. The van der Waals surface area contributed by atoms with Crippen molar-refractivity contribution in [3.05, 3.63) is 146 Å². The SMILES string of the molecule is C=C(C)C(=O)OCCC(=O)C=CC(=O)Nc1ccccc1Oc1ccc(S(=O)(=O)c2ccc(Oc3ccccc3NC(=O)C=CC(=O)CCOC(=O)C(=C)C)cc2)cc1. The smallest absolute Gasteiger partial charge is 0.333 e. The summed E-state index contributed by atoms with van der Waals surface area (Å²) in [5.74, 6) is -2.25. The first-order chi connectivity index (χ1) is 28.1. The Morgan fingerprint density at radius 1 is 0.542 bits per heavy atom. The highest BCUT2D eigenvalue weighted by Gasteiger charge is 2.19. The van der Waals surface area contributed by atoms with Crippen LogP contribution in [0.5, 0.6) is 23.0 Å². The van der Waals surface area contributed by atoms with E-state index in [0.29, 0.717) is 0 Å². The molecule has 4 aromatic carbocycles. The standard InChI is InChI=1S/C44H40N2O12S/c1-29(2)43(51)55-27-25-31(47)13-23-41(49)45-37-9-5-7-11-39(37)57-33-15-19-35(20-16-33)59(53,54)36-21-17-34(18-22-36)58-40-12-8-6-10-38(40)46-42(50)24-14-32(48)26-28-56-44(52)30(3)4/h5-24H,1,3,25-28H2,2,4H3,(H,45,49)(H,46,50). The van der Waals surface area contributed by atoms with Crippen LogP contribution in [0.3, 0.4) is 0 Å². The number of rotatable bonds is 20. The number of carbonyl (C=O) groups excluding carboxylic acids is 6. The number of esters is 2. The molecule has 4 aromatic rings. The number of ether oxygens (including phenoxy) is 4. The highest BCUT2D eigenvalue weighted by atomic mass is 32.2. The Morgan fingerprint density at radius 2 is 0.898 bits per heavy atom. The molecule has 0 aliphatic rings. The van der Waals surface area contributed by atoms with Gasteiger partial charge in [0.25, 0.3) is 0 Å². The third-order valence-electron chi connectivity index (χ3n) is 7.71. The predicted octanol–water partition coefficient (Wildman–Crippen LogP) is 7.25. The fraction of sp³-hybridized carbons (Fsp3) is 0.136. The van der Waals surface area contributed by atoms with Gasteiger partial charge >= 0.3 is 11.9 Å². The van der Waals surface area contributed by atoms with E-state index < -0.39 is 45.2 Å². The van der Waals surface area contributed by atoms with Crippen LogP contribution in [0.15, 0.2) is 155 Å². The van der Waals surface area contributed by atoms with E-state index in [-0.39, 0.29) is 81.4 Å². The zero-order valence-electron chi connectivity index (χ0n) is 32.1. The van der Waals surface area contributed by atoms with Crippen LogP contribution in [-0.2, 0) is 48.1 Å². The van der Waals surface area contributed by atoms with Gasteiger partial charge < -0.3 is 29.6 Å². The maximum absolute atomic E-state index is 13.5. The van der Waals surface area contributed by atoms with Crippen molar-refractivity contribution in [2.75, 3.05) is 23.8 Å². The maximum Gasteiger partial charge on any atom is 0.333 e. The molecule has 0 fully saturated rings. The largest absolute Gasteiger partial charge is 0.462 e. The molecule has 0 spiro atoms. The van der Waals surface area contributed by atoms with Crippen LogP contribution in [0.25, 0.3) is 0 Å². The lowest BCUT2D eigenvalue weighted by Crippen LogP contribution is -2.11. The molecule has 0 aliphatic heterocycles. The molecule has 0 aliphatic carbocycles. The van der Waals surface area contributed by atoms with Crippen LogP contribution in [0, 0.1) is 0 Å². The van der Waals surface area contributed by atoms with Crippen LogP contribution in [0.2, 0.25) is 0 Å². The molecule has 0 radical (unpaired) electrons. The molecule has 304 valence electrons. The normalized spacial score (nSPS) is 11.0. The van der Waals surface area contributed by atoms with Gasteiger partial charge in [0.2, 0.25) is 21.7 Å². The molecule has 0 saturated heterocycles. The minimum absolute atomic E-state index is 0.0169. The maximum atomic E-state index is 13.5. The number of amides is 2. The van der Waals surface area contributed by atoms with Crippen LogP contribution in [0.4, 0.5) is 11.4 Å². The van der Waals surface area contributed by atoms with Crippen molar-refractivity contribution >= 4 is 56.5 Å². The van der Waals surface area contributed by atoms with Gasteiger partial charge in [0.1, 0.15) is 11.5 Å². The Balaban J connectivity index is 1.33. The fourth-order valence-corrected chi connectivity index (χ4v) is 5.93. The van der Waals surface area contributed by atoms with Crippen molar-refractivity contribution < 1.29 is 56.1 Å². The predicted molar refractivity (Wildman–Crippen MR) is 218 cm³/mol. The molecule has 0 unspecified atom stereocenters. The Kier molecular flexibility index (Phi) is 15.9. The summed E-state index contributed by atoms with van der Waals surface area (Å²) in [7, 11) is -3.97. The number of hydrogen-bond acceptors (Lipinski definition) is 12. The van der Waals surface area contributed by atoms with E-state index in [1.807, 2.05) is 0 Å². The topological polar surface area (TPSA) is 198 Å². The number of nitrogens with one attached hydrogen (secondary N) is 2. The zero-order chi connectivity index (χ0) is 43.0. The van der Waals surface area contributed by atoms with E-state index in [1.54, 1.807) is 48.5 Å². The molecule has 0 aromatic heterocycles. The van der Waals surface area contributed by atoms with Gasteiger partial charge in [0.05, 0.1) is 34.4 Å². The molecule has 14 nitrogen and oxygen atoms in total. The summed E-state index contributed by atoms with van der Waals surface area (Å²) in [6.45, 7) is 9.59. The van der Waals surface area contributed by atoms with E-state index in [2.05, 4.69) is 23.8 Å². The number of hydrogen-bond donors (Lipinski definition) is 2. The van der Waals surface area contributed by atoms with Crippen LogP contribution >= 0.6 is 0 Å². The Morgan fingerprint density at radius 3 is 1.25 bits per heavy atom. The van der Waals surface area contributed by atoms with Gasteiger partial charge in [0, 0.05) is 36.1 Å². The van der Waals surface area contributed by atoms with E-state index in [1.165, 1.54) is 62.4 Å². The third-order valence-corrected chi connectivity index (χ3v) is 9.50. The first kappa shape index (κ1) is 44.3. The van der Waals surface area contributed by atoms with Crippen molar-refractivity contribution in [3.8, 4) is 23.0 Å². The number of sulfone groups is 1. The molecule has 15 heteroatoms. The Hall–Kier alpha value is -7.39. The minimum atomic E-state index is -3.97. The van der Waals surface area contributed by atoms with E-state index in [9.17, 15) is 37.2 Å². The molecule has 59 heavy (non-hydrogen) atoms. The van der Waals surface area contributed by atoms with Gasteiger partial charge in [0.15, 0.2) is 23.1 Å². The van der Waals surface area contributed by atoms with Gasteiger partial charge in [-0.1, -0.05) is 37.4 Å². The van der Waals surface area contributed by atoms with Gasteiger partial charge in [-0.25, -0.2) is 18.0 Å². The molecule has 0 saturated carbocycles. The summed E-state index contributed by atoms with van der Waals surface area (Å²) in [6, 6.07) is 24.4. The first-order valence-electron chi connectivity index (χ1n) is 17.8. The highest BCUT2D eigenvalue weighted by molar-refractivity contribution is 7.91. The third kappa shape index (κ3) is 13.9. The van der Waals surface area contributed by atoms with Crippen molar-refractivity contribution in [1.82, 2.24) is 0 Å². The fourth-order valence-electron chi connectivity index (χ4n) is 4.67. The number of carbonyl (C=O) groups is 6. The van der Waals surface area contributed by atoms with Gasteiger partial charge in [-0.15, -0.1) is 0 Å². The molecular weight excluding hydrogens is 781 g/mol. The highest BCUT2D eigenvalue weighted by Crippen LogP contribution is 2.33. The lowest BCUT2D eigenvalue weighted by Gasteiger charge is -2.13. The van der Waals surface area contributed by atoms with Crippen molar-refractivity contribution in [2.45, 2.75) is 36.5 Å². The second kappa shape index (κ2) is 21.2. The first-order valence-corrected chi connectivity index (χ1v) is 19.3. The molecular formula is C44H40N2O12S. The number of ketones is 2. The van der Waals surface area contributed by atoms with Gasteiger partial charge in [-0.05, 0) is 98.8 Å². The Labute approximate surface area is 340 Å². The van der Waals surface area contributed by atoms with E-state index in [0.717, 1.165) is 24.3 Å². The monoisotopic (exact) mass is 820 g/mol. The minimum Gasteiger partial charge on any atom is -0.462 e. The number of allylic oxidation sites excluding steroid dienone is 2. The lowest BCUT2D eigenvalue weighted by molar-refractivity contribution is -0.140. The van der Waals surface area contributed by atoms with Crippen LogP contribution in [-0.4, -0.2) is 57.0 Å². The van der Waals surface area contributed by atoms with Gasteiger partial charge in [-0.3, -0.25) is 19.2 Å². The van der Waals surface area contributed by atoms with Crippen LogP contribution in [0.1, 0.15) is 26.7 Å². The summed E-state index contributed by atoms with van der Waals surface area (Å²) < 4.78 is 48.6. The summed E-state index contributed by atoms with van der Waals surface area (Å²) in [4.78, 5) is 72.0. The van der Waals surface area contributed by atoms with Crippen LogP contribution < -0.4 is 20.1 Å². The van der Waals surface area contributed by atoms with Crippen molar-refractivity contribution in [2.24, 2.45) is 0 Å². The lowest BCUT2D eigenvalue weighted by atomic mass is 10.2. The molecule has 2 N–H and O–H groups in total. The average molecular weight is 821 g/mol. The van der Waals surface area contributed by atoms with Crippen molar-refractivity contribution in [3.63, 3.8) is 0 Å². The summed E-state index contributed by atoms with van der Waals surface area (Å²) >= 11 is 0. The van der Waals surface area contributed by atoms with Crippen molar-refractivity contribution in [1.29, 1.82) is 0 Å². The molecule has 4 rings (SSSR count). The number of para-hydroxylation sites is 4. The summed E-state index contributed by atoms with van der Waals surface area (Å²) in [5.41, 5.74) is 0.987. The quantitative estimate of drug-likeness (QED) is 0.0670. The van der Waals surface area contributed by atoms with E-state index in [4.69, 9.17) is 18.9 Å². The molecule has 0 heterocycles. The average Bonchev–Trinajstić information content (AvgIpc) is 3.21. The molecule has 0 bridgehead atoms.